The van der Waals surface area contributed by atoms with Gasteiger partial charge in [0.15, 0.2) is 0 Å². The molecule has 5 heteroatoms. The minimum atomic E-state index is 0.0276. The number of nitrogens with two attached hydrogens (primary N) is 1. The highest BCUT2D eigenvalue weighted by molar-refractivity contribution is 5.99. The van der Waals surface area contributed by atoms with Gasteiger partial charge < -0.3 is 15.7 Å². The number of pyridine rings is 1. The summed E-state index contributed by atoms with van der Waals surface area (Å²) in [4.78, 5) is 6.60. The van der Waals surface area contributed by atoms with Crippen LogP contribution in [0.3, 0.4) is 0 Å². The van der Waals surface area contributed by atoms with Crippen molar-refractivity contribution in [2.75, 3.05) is 18.1 Å². The van der Waals surface area contributed by atoms with E-state index >= 15 is 0 Å². The van der Waals surface area contributed by atoms with Gasteiger partial charge in [-0.25, -0.2) is 4.98 Å². The van der Waals surface area contributed by atoms with E-state index in [4.69, 9.17) is 11.1 Å². The summed E-state index contributed by atoms with van der Waals surface area (Å²) in [5, 5.41) is 17.1. The molecule has 1 unspecified atom stereocenters. The molecule has 0 spiro atoms. The lowest BCUT2D eigenvalue weighted by Crippen LogP contribution is -2.43. The number of hydrogen-bond donors (Lipinski definition) is 3. The zero-order chi connectivity index (χ0) is 13.1. The second-order valence-corrected chi connectivity index (χ2v) is 4.76. The highest BCUT2D eigenvalue weighted by Gasteiger charge is 2.25. The molecule has 1 saturated heterocycles. The number of rotatable bonds is 3. The lowest BCUT2D eigenvalue weighted by molar-refractivity contribution is 0.239. The van der Waals surface area contributed by atoms with Crippen LogP contribution >= 0.6 is 0 Å². The molecule has 4 N–H and O–H groups in total. The first kappa shape index (κ1) is 12.8. The Kier molecular flexibility index (Phi) is 3.81. The predicted octanol–water partition coefficient (Wildman–Crippen LogP) is 1.03. The first-order chi connectivity index (χ1) is 8.63. The molecule has 2 rings (SSSR count). The fraction of sp³-hybridized carbons (Fsp3) is 0.538. The van der Waals surface area contributed by atoms with Gasteiger partial charge in [-0.15, -0.1) is 0 Å². The second kappa shape index (κ2) is 5.35. The van der Waals surface area contributed by atoms with Gasteiger partial charge in [0.1, 0.15) is 11.7 Å². The van der Waals surface area contributed by atoms with Crippen LogP contribution in [0.5, 0.6) is 0 Å². The number of nitrogen functional groups attached to an aromatic ring is 1. The average molecular weight is 248 g/mol. The van der Waals surface area contributed by atoms with Gasteiger partial charge in [-0.3, -0.25) is 5.41 Å². The number of anilines is 1. The van der Waals surface area contributed by atoms with E-state index < -0.39 is 0 Å². The van der Waals surface area contributed by atoms with Crippen LogP contribution in [-0.4, -0.2) is 35.1 Å². The molecule has 0 radical (unpaired) electrons. The Balaban J connectivity index is 2.41. The molecule has 0 bridgehead atoms. The smallest absolute Gasteiger partial charge is 0.140 e. The van der Waals surface area contributed by atoms with Crippen LogP contribution in [0.25, 0.3) is 0 Å². The number of nitrogens with zero attached hydrogens (tertiary/aromatic N) is 2. The molecule has 18 heavy (non-hydrogen) atoms. The zero-order valence-electron chi connectivity index (χ0n) is 10.7. The van der Waals surface area contributed by atoms with Crippen molar-refractivity contribution in [3.63, 3.8) is 0 Å². The van der Waals surface area contributed by atoms with Crippen molar-refractivity contribution in [1.82, 2.24) is 4.98 Å². The Hall–Kier alpha value is -1.62. The van der Waals surface area contributed by atoms with E-state index in [0.29, 0.717) is 5.56 Å². The molecule has 1 aliphatic rings. The largest absolute Gasteiger partial charge is 0.394 e. The number of nitrogens with one attached hydrogen (secondary N) is 1. The van der Waals surface area contributed by atoms with Crippen LogP contribution < -0.4 is 10.6 Å². The molecule has 98 valence electrons. The molecule has 1 aromatic heterocycles. The average Bonchev–Trinajstić information content (AvgIpc) is 2.38. The number of aryl methyl sites for hydroxylation is 1. The van der Waals surface area contributed by atoms with Crippen LogP contribution in [0, 0.1) is 12.3 Å². The summed E-state index contributed by atoms with van der Waals surface area (Å²) >= 11 is 0. The van der Waals surface area contributed by atoms with Gasteiger partial charge in [0, 0.05) is 12.2 Å². The van der Waals surface area contributed by atoms with Gasteiger partial charge in [-0.1, -0.05) is 0 Å². The third-order valence-corrected chi connectivity index (χ3v) is 3.41. The van der Waals surface area contributed by atoms with E-state index in [-0.39, 0.29) is 18.5 Å². The maximum Gasteiger partial charge on any atom is 0.140 e. The molecule has 1 fully saturated rings. The summed E-state index contributed by atoms with van der Waals surface area (Å²) in [7, 11) is 0. The zero-order valence-corrected chi connectivity index (χ0v) is 10.7. The van der Waals surface area contributed by atoms with E-state index in [1.165, 1.54) is 0 Å². The van der Waals surface area contributed by atoms with E-state index in [0.717, 1.165) is 37.3 Å². The van der Waals surface area contributed by atoms with Gasteiger partial charge in [0.25, 0.3) is 0 Å². The van der Waals surface area contributed by atoms with E-state index in [1.54, 1.807) is 0 Å². The molecular weight excluding hydrogens is 228 g/mol. The van der Waals surface area contributed by atoms with Gasteiger partial charge in [-0.2, -0.15) is 0 Å². The molecule has 5 nitrogen and oxygen atoms in total. The quantitative estimate of drug-likeness (QED) is 0.550. The summed E-state index contributed by atoms with van der Waals surface area (Å²) < 4.78 is 0. The molecule has 1 aliphatic heterocycles. The summed E-state index contributed by atoms with van der Waals surface area (Å²) in [5.74, 6) is 0.765. The molecule has 0 saturated carbocycles. The van der Waals surface area contributed by atoms with Crippen molar-refractivity contribution in [2.24, 2.45) is 5.73 Å². The van der Waals surface area contributed by atoms with Crippen molar-refractivity contribution in [3.8, 4) is 0 Å². The number of amidine groups is 1. The third kappa shape index (κ3) is 2.46. The first-order valence-electron chi connectivity index (χ1n) is 6.33. The monoisotopic (exact) mass is 248 g/mol. The van der Waals surface area contributed by atoms with Crippen LogP contribution in [0.2, 0.25) is 0 Å². The molecule has 2 heterocycles. The van der Waals surface area contributed by atoms with Crippen LogP contribution in [-0.2, 0) is 0 Å². The lowest BCUT2D eigenvalue weighted by atomic mass is 10.0. The number of aromatic nitrogens is 1. The fourth-order valence-electron chi connectivity index (χ4n) is 2.44. The molecule has 0 amide bonds. The van der Waals surface area contributed by atoms with Crippen molar-refractivity contribution in [3.05, 3.63) is 23.4 Å². The number of piperidine rings is 1. The molecule has 0 aromatic carbocycles. The third-order valence-electron chi connectivity index (χ3n) is 3.41. The molecule has 0 aliphatic carbocycles. The molecule has 1 aromatic rings. The summed E-state index contributed by atoms with van der Waals surface area (Å²) in [6, 6.07) is 3.78. The molecule has 1 atom stereocenters. The minimum absolute atomic E-state index is 0.0276. The van der Waals surface area contributed by atoms with Gasteiger partial charge in [0.05, 0.1) is 18.2 Å². The van der Waals surface area contributed by atoms with Crippen LogP contribution in [0.1, 0.15) is 30.5 Å². The van der Waals surface area contributed by atoms with Crippen molar-refractivity contribution in [2.45, 2.75) is 32.2 Å². The SMILES string of the molecule is Cc1ccc(C(=N)N)c(N2CCCCC2CO)n1. The topological polar surface area (TPSA) is 86.2 Å². The van der Waals surface area contributed by atoms with Gasteiger partial charge >= 0.3 is 0 Å². The highest BCUT2D eigenvalue weighted by atomic mass is 16.3. The van der Waals surface area contributed by atoms with Gasteiger partial charge in [0.2, 0.25) is 0 Å². The number of hydrogen-bond acceptors (Lipinski definition) is 4. The summed E-state index contributed by atoms with van der Waals surface area (Å²) in [6.45, 7) is 2.90. The van der Waals surface area contributed by atoms with E-state index in [9.17, 15) is 5.11 Å². The van der Waals surface area contributed by atoms with Crippen molar-refractivity contribution >= 4 is 11.7 Å². The minimum Gasteiger partial charge on any atom is -0.394 e. The van der Waals surface area contributed by atoms with Crippen molar-refractivity contribution in [1.29, 1.82) is 5.41 Å². The Bertz CT molecular complexity index is 447. The standard InChI is InChI=1S/C13H20N4O/c1-9-5-6-11(12(14)15)13(16-9)17-7-3-2-4-10(17)8-18/h5-6,10,18H,2-4,7-8H2,1H3,(H3,14,15). The number of aliphatic hydroxyl groups excluding tert-OH is 1. The maximum absolute atomic E-state index is 9.47. The van der Waals surface area contributed by atoms with E-state index in [1.807, 2.05) is 19.1 Å². The summed E-state index contributed by atoms with van der Waals surface area (Å²) in [5.41, 5.74) is 7.17. The Labute approximate surface area is 107 Å². The van der Waals surface area contributed by atoms with Crippen LogP contribution in [0.4, 0.5) is 5.82 Å². The maximum atomic E-state index is 9.47. The fourth-order valence-corrected chi connectivity index (χ4v) is 2.44. The highest BCUT2D eigenvalue weighted by Crippen LogP contribution is 2.26. The Morgan fingerprint density at radius 1 is 1.56 bits per heavy atom. The van der Waals surface area contributed by atoms with Crippen LogP contribution in [0.15, 0.2) is 12.1 Å². The van der Waals surface area contributed by atoms with E-state index in [2.05, 4.69) is 9.88 Å². The number of aliphatic hydroxyl groups is 1. The summed E-state index contributed by atoms with van der Waals surface area (Å²) in [6.07, 6.45) is 3.18. The van der Waals surface area contributed by atoms with Crippen molar-refractivity contribution < 1.29 is 5.11 Å². The predicted molar refractivity (Wildman–Crippen MR) is 72.1 cm³/mol. The lowest BCUT2D eigenvalue weighted by Gasteiger charge is -2.36. The normalized spacial score (nSPS) is 19.9. The molecular formula is C13H20N4O. The van der Waals surface area contributed by atoms with Gasteiger partial charge in [-0.05, 0) is 38.3 Å². The first-order valence-corrected chi connectivity index (χ1v) is 6.33. The second-order valence-electron chi connectivity index (χ2n) is 4.76. The Morgan fingerprint density at radius 2 is 2.33 bits per heavy atom. The Morgan fingerprint density at radius 3 is 3.00 bits per heavy atom.